The first-order valence-electron chi connectivity index (χ1n) is 6.33. The number of rotatable bonds is 5. The summed E-state index contributed by atoms with van der Waals surface area (Å²) in [5, 5.41) is 9.79. The van der Waals surface area contributed by atoms with Crippen LogP contribution in [0.25, 0.3) is 5.65 Å². The standard InChI is InChI=1S/C12H19N5O/c1-4-9(8(3)13-5-2)10-6-11-15-16-12(18)17(11)7-14-10/h6-9,13H,4-5H2,1-3H3,(H,16,18). The summed E-state index contributed by atoms with van der Waals surface area (Å²) in [6.07, 6.45) is 2.53. The Bertz CT molecular complexity index is 573. The van der Waals surface area contributed by atoms with Gasteiger partial charge in [0.05, 0.1) is 5.69 Å². The molecule has 0 spiro atoms. The average Bonchev–Trinajstić information content (AvgIpc) is 2.72. The lowest BCUT2D eigenvalue weighted by Crippen LogP contribution is -2.32. The Morgan fingerprint density at radius 1 is 1.50 bits per heavy atom. The second kappa shape index (κ2) is 5.30. The topological polar surface area (TPSA) is 75.1 Å². The predicted molar refractivity (Wildman–Crippen MR) is 69.8 cm³/mol. The molecule has 0 aromatic carbocycles. The average molecular weight is 249 g/mol. The minimum Gasteiger partial charge on any atom is -0.314 e. The molecular weight excluding hydrogens is 230 g/mol. The van der Waals surface area contributed by atoms with Crippen LogP contribution in [0.1, 0.15) is 38.8 Å². The van der Waals surface area contributed by atoms with Gasteiger partial charge in [0.1, 0.15) is 6.33 Å². The highest BCUT2D eigenvalue weighted by Gasteiger charge is 2.18. The van der Waals surface area contributed by atoms with Crippen LogP contribution in [0.2, 0.25) is 0 Å². The predicted octanol–water partition coefficient (Wildman–Crippen LogP) is 0.909. The van der Waals surface area contributed by atoms with Crippen LogP contribution >= 0.6 is 0 Å². The molecular formula is C12H19N5O. The number of hydrogen-bond acceptors (Lipinski definition) is 4. The van der Waals surface area contributed by atoms with Crippen molar-refractivity contribution < 1.29 is 0 Å². The van der Waals surface area contributed by atoms with E-state index in [2.05, 4.69) is 41.3 Å². The van der Waals surface area contributed by atoms with Crippen LogP contribution in [0.15, 0.2) is 17.2 Å². The molecule has 6 heteroatoms. The van der Waals surface area contributed by atoms with Gasteiger partial charge >= 0.3 is 5.69 Å². The Morgan fingerprint density at radius 3 is 2.94 bits per heavy atom. The van der Waals surface area contributed by atoms with E-state index in [0.717, 1.165) is 18.7 Å². The third-order valence-electron chi connectivity index (χ3n) is 3.28. The molecule has 0 aliphatic rings. The zero-order chi connectivity index (χ0) is 13.1. The zero-order valence-electron chi connectivity index (χ0n) is 11.0. The van der Waals surface area contributed by atoms with Crippen molar-refractivity contribution in [1.29, 1.82) is 0 Å². The first-order valence-corrected chi connectivity index (χ1v) is 6.33. The molecule has 2 heterocycles. The normalized spacial score (nSPS) is 14.8. The number of hydrogen-bond donors (Lipinski definition) is 2. The third kappa shape index (κ3) is 2.28. The minimum atomic E-state index is -0.253. The van der Waals surface area contributed by atoms with Gasteiger partial charge in [-0.1, -0.05) is 13.8 Å². The summed E-state index contributed by atoms with van der Waals surface area (Å²) in [7, 11) is 0. The first kappa shape index (κ1) is 12.8. The highest BCUT2D eigenvalue weighted by molar-refractivity contribution is 5.38. The SMILES string of the molecule is CCNC(C)C(CC)c1cc2n[nH]c(=O)n2cn1. The van der Waals surface area contributed by atoms with Crippen molar-refractivity contribution in [1.82, 2.24) is 24.9 Å². The lowest BCUT2D eigenvalue weighted by Gasteiger charge is -2.22. The van der Waals surface area contributed by atoms with Crippen molar-refractivity contribution in [2.24, 2.45) is 0 Å². The van der Waals surface area contributed by atoms with Crippen molar-refractivity contribution in [2.75, 3.05) is 6.54 Å². The molecule has 2 rings (SSSR count). The monoisotopic (exact) mass is 249 g/mol. The van der Waals surface area contributed by atoms with Crippen LogP contribution in [0, 0.1) is 0 Å². The van der Waals surface area contributed by atoms with Crippen LogP contribution in [0.4, 0.5) is 0 Å². The van der Waals surface area contributed by atoms with Crippen molar-refractivity contribution in [3.8, 4) is 0 Å². The second-order valence-electron chi connectivity index (χ2n) is 4.43. The molecule has 18 heavy (non-hydrogen) atoms. The van der Waals surface area contributed by atoms with Gasteiger partial charge in [-0.15, -0.1) is 0 Å². The molecule has 0 saturated heterocycles. The molecule has 0 saturated carbocycles. The molecule has 2 N–H and O–H groups in total. The zero-order valence-corrected chi connectivity index (χ0v) is 11.0. The highest BCUT2D eigenvalue weighted by atomic mass is 16.1. The van der Waals surface area contributed by atoms with Crippen LogP contribution in [-0.4, -0.2) is 32.2 Å². The van der Waals surface area contributed by atoms with E-state index < -0.39 is 0 Å². The summed E-state index contributed by atoms with van der Waals surface area (Å²) in [4.78, 5) is 15.7. The van der Waals surface area contributed by atoms with E-state index in [-0.39, 0.29) is 5.69 Å². The quantitative estimate of drug-likeness (QED) is 0.826. The lowest BCUT2D eigenvalue weighted by molar-refractivity contribution is 0.452. The van der Waals surface area contributed by atoms with Crippen molar-refractivity contribution in [3.63, 3.8) is 0 Å². The smallest absolute Gasteiger partial charge is 0.314 e. The summed E-state index contributed by atoms with van der Waals surface area (Å²) < 4.78 is 1.41. The molecule has 0 radical (unpaired) electrons. The van der Waals surface area contributed by atoms with Gasteiger partial charge in [-0.25, -0.2) is 19.3 Å². The van der Waals surface area contributed by atoms with E-state index in [1.54, 1.807) is 0 Å². The Hall–Kier alpha value is -1.69. The number of nitrogens with zero attached hydrogens (tertiary/aromatic N) is 3. The van der Waals surface area contributed by atoms with Gasteiger partial charge in [0, 0.05) is 18.0 Å². The largest absolute Gasteiger partial charge is 0.348 e. The van der Waals surface area contributed by atoms with Gasteiger partial charge < -0.3 is 5.32 Å². The van der Waals surface area contributed by atoms with E-state index in [9.17, 15) is 4.79 Å². The summed E-state index contributed by atoms with van der Waals surface area (Å²) in [6.45, 7) is 7.32. The van der Waals surface area contributed by atoms with Crippen molar-refractivity contribution in [3.05, 3.63) is 28.6 Å². The Balaban J connectivity index is 2.36. The number of fused-ring (bicyclic) bond motifs is 1. The third-order valence-corrected chi connectivity index (χ3v) is 3.28. The number of H-pyrrole nitrogens is 1. The van der Waals surface area contributed by atoms with Crippen molar-refractivity contribution >= 4 is 5.65 Å². The molecule has 0 aliphatic carbocycles. The summed E-state index contributed by atoms with van der Waals surface area (Å²) in [5.41, 5.74) is 1.33. The fourth-order valence-electron chi connectivity index (χ4n) is 2.31. The molecule has 0 bridgehead atoms. The maximum absolute atomic E-state index is 11.4. The molecule has 2 aromatic rings. The molecule has 2 aromatic heterocycles. The highest BCUT2D eigenvalue weighted by Crippen LogP contribution is 2.21. The van der Waals surface area contributed by atoms with Gasteiger partial charge in [-0.3, -0.25) is 0 Å². The van der Waals surface area contributed by atoms with Crippen LogP contribution in [0.5, 0.6) is 0 Å². The Labute approximate surface area is 105 Å². The van der Waals surface area contributed by atoms with Gasteiger partial charge in [-0.05, 0) is 19.9 Å². The Kier molecular flexibility index (Phi) is 3.76. The number of nitrogens with one attached hydrogen (secondary N) is 2. The number of aromatic amines is 1. The Morgan fingerprint density at radius 2 is 2.28 bits per heavy atom. The van der Waals surface area contributed by atoms with Crippen LogP contribution in [0.3, 0.4) is 0 Å². The lowest BCUT2D eigenvalue weighted by atomic mass is 9.94. The minimum absolute atomic E-state index is 0.253. The molecule has 0 fully saturated rings. The summed E-state index contributed by atoms with van der Waals surface area (Å²) in [6, 6.07) is 2.22. The fourth-order valence-corrected chi connectivity index (χ4v) is 2.31. The molecule has 0 amide bonds. The van der Waals surface area contributed by atoms with E-state index in [1.807, 2.05) is 6.07 Å². The van der Waals surface area contributed by atoms with E-state index >= 15 is 0 Å². The molecule has 6 nitrogen and oxygen atoms in total. The first-order chi connectivity index (χ1) is 8.67. The summed E-state index contributed by atoms with van der Waals surface area (Å²) >= 11 is 0. The van der Waals surface area contributed by atoms with Crippen molar-refractivity contribution in [2.45, 2.75) is 39.2 Å². The second-order valence-corrected chi connectivity index (χ2v) is 4.43. The molecule has 98 valence electrons. The van der Waals surface area contributed by atoms with Crippen LogP contribution in [-0.2, 0) is 0 Å². The van der Waals surface area contributed by atoms with Gasteiger partial charge in [0.2, 0.25) is 0 Å². The van der Waals surface area contributed by atoms with Gasteiger partial charge in [0.15, 0.2) is 5.65 Å². The van der Waals surface area contributed by atoms with E-state index in [0.29, 0.717) is 17.6 Å². The number of likely N-dealkylation sites (N-methyl/N-ethyl adjacent to an activating group) is 1. The van der Waals surface area contributed by atoms with Gasteiger partial charge in [0.25, 0.3) is 0 Å². The molecule has 0 aliphatic heterocycles. The fraction of sp³-hybridized carbons (Fsp3) is 0.583. The maximum Gasteiger partial charge on any atom is 0.348 e. The maximum atomic E-state index is 11.4. The van der Waals surface area contributed by atoms with E-state index in [1.165, 1.54) is 10.7 Å². The van der Waals surface area contributed by atoms with Crippen LogP contribution < -0.4 is 11.0 Å². The summed E-state index contributed by atoms with van der Waals surface area (Å²) in [5.74, 6) is 0.321. The number of aromatic nitrogens is 4. The van der Waals surface area contributed by atoms with Gasteiger partial charge in [-0.2, -0.15) is 5.10 Å². The molecule has 2 unspecified atom stereocenters. The van der Waals surface area contributed by atoms with E-state index in [4.69, 9.17) is 0 Å². The molecule has 2 atom stereocenters.